The van der Waals surface area contributed by atoms with Crippen molar-refractivity contribution in [1.29, 1.82) is 0 Å². The molecule has 2 aromatic carbocycles. The second-order valence-electron chi connectivity index (χ2n) is 6.44. The summed E-state index contributed by atoms with van der Waals surface area (Å²) < 4.78 is 29.9. The minimum atomic E-state index is -3.31. The lowest BCUT2D eigenvalue weighted by molar-refractivity contribution is -0.127. The molecule has 8 heteroatoms. The number of hydrogen-bond donors (Lipinski definition) is 1. The fourth-order valence-corrected chi connectivity index (χ4v) is 3.58. The Morgan fingerprint density at radius 1 is 1.14 bits per heavy atom. The van der Waals surface area contributed by atoms with Gasteiger partial charge in [-0.1, -0.05) is 17.7 Å². The third kappa shape index (κ3) is 6.76. The number of benzene rings is 2. The predicted molar refractivity (Wildman–Crippen MR) is 115 cm³/mol. The van der Waals surface area contributed by atoms with Crippen molar-refractivity contribution in [3.8, 4) is 5.75 Å². The zero-order valence-electron chi connectivity index (χ0n) is 16.5. The van der Waals surface area contributed by atoms with E-state index in [4.69, 9.17) is 4.74 Å². The maximum atomic E-state index is 12.2. The minimum Gasteiger partial charge on any atom is -0.481 e. The zero-order chi connectivity index (χ0) is 20.7. The van der Waals surface area contributed by atoms with Crippen molar-refractivity contribution < 1.29 is 17.9 Å². The molecule has 152 valence electrons. The lowest BCUT2D eigenvalue weighted by atomic mass is 10.2. The Labute approximate surface area is 171 Å². The number of carbonyl (C=O) groups excluding carboxylic acids is 1. The SMILES string of the molecule is Cc1ccc(SCCNC(=O)C(C)Oc2ccc(N(C)S(C)(=O)=O)cc2)cc1. The molecule has 2 aromatic rings. The summed E-state index contributed by atoms with van der Waals surface area (Å²) >= 11 is 1.68. The van der Waals surface area contributed by atoms with Gasteiger partial charge in [-0.25, -0.2) is 8.42 Å². The third-order valence-corrected chi connectivity index (χ3v) is 6.29. The van der Waals surface area contributed by atoms with Gasteiger partial charge >= 0.3 is 0 Å². The van der Waals surface area contributed by atoms with Gasteiger partial charge in [-0.05, 0) is 50.2 Å². The Bertz CT molecular complexity index is 881. The molecule has 0 saturated carbocycles. The molecule has 1 atom stereocenters. The van der Waals surface area contributed by atoms with Crippen LogP contribution in [0.2, 0.25) is 0 Å². The number of nitrogens with zero attached hydrogens (tertiary/aromatic N) is 1. The van der Waals surface area contributed by atoms with Crippen LogP contribution in [0.3, 0.4) is 0 Å². The van der Waals surface area contributed by atoms with Crippen LogP contribution in [0.1, 0.15) is 12.5 Å². The second kappa shape index (κ2) is 9.84. The maximum absolute atomic E-state index is 12.2. The summed E-state index contributed by atoms with van der Waals surface area (Å²) in [4.78, 5) is 13.3. The van der Waals surface area contributed by atoms with Crippen LogP contribution in [-0.4, -0.2) is 46.0 Å². The molecule has 0 spiro atoms. The minimum absolute atomic E-state index is 0.193. The number of rotatable bonds is 9. The van der Waals surface area contributed by atoms with Crippen LogP contribution in [0.5, 0.6) is 5.75 Å². The first-order valence-electron chi connectivity index (χ1n) is 8.84. The van der Waals surface area contributed by atoms with E-state index in [1.54, 1.807) is 43.0 Å². The van der Waals surface area contributed by atoms with Crippen LogP contribution < -0.4 is 14.4 Å². The van der Waals surface area contributed by atoms with E-state index in [9.17, 15) is 13.2 Å². The highest BCUT2D eigenvalue weighted by Crippen LogP contribution is 2.21. The number of nitrogens with one attached hydrogen (secondary N) is 1. The monoisotopic (exact) mass is 422 g/mol. The Balaban J connectivity index is 1.77. The summed E-state index contributed by atoms with van der Waals surface area (Å²) in [6.45, 7) is 4.27. The van der Waals surface area contributed by atoms with Gasteiger partial charge in [-0.15, -0.1) is 11.8 Å². The Morgan fingerprint density at radius 3 is 2.32 bits per heavy atom. The summed E-state index contributed by atoms with van der Waals surface area (Å²) in [5.74, 6) is 1.08. The fraction of sp³-hybridized carbons (Fsp3) is 0.350. The Kier molecular flexibility index (Phi) is 7.77. The first-order valence-corrected chi connectivity index (χ1v) is 11.7. The van der Waals surface area contributed by atoms with Gasteiger partial charge < -0.3 is 10.1 Å². The summed E-state index contributed by atoms with van der Waals surface area (Å²) in [6.07, 6.45) is 0.490. The molecule has 0 fully saturated rings. The quantitative estimate of drug-likeness (QED) is 0.497. The van der Waals surface area contributed by atoms with E-state index >= 15 is 0 Å². The highest BCUT2D eigenvalue weighted by molar-refractivity contribution is 7.99. The van der Waals surface area contributed by atoms with E-state index in [2.05, 4.69) is 29.6 Å². The van der Waals surface area contributed by atoms with E-state index in [-0.39, 0.29) is 5.91 Å². The van der Waals surface area contributed by atoms with E-state index in [0.29, 0.717) is 18.0 Å². The van der Waals surface area contributed by atoms with Crippen LogP contribution in [-0.2, 0) is 14.8 Å². The number of hydrogen-bond acceptors (Lipinski definition) is 5. The molecular formula is C20H26N2O4S2. The zero-order valence-corrected chi connectivity index (χ0v) is 18.1. The molecule has 0 aliphatic rings. The van der Waals surface area contributed by atoms with Gasteiger partial charge in [0.1, 0.15) is 5.75 Å². The van der Waals surface area contributed by atoms with Crippen molar-refractivity contribution in [1.82, 2.24) is 5.32 Å². The molecule has 0 bridgehead atoms. The molecule has 0 aliphatic carbocycles. The molecular weight excluding hydrogens is 396 g/mol. The smallest absolute Gasteiger partial charge is 0.260 e. The highest BCUT2D eigenvalue weighted by atomic mass is 32.2. The first kappa shape index (κ1) is 22.1. The molecule has 0 radical (unpaired) electrons. The molecule has 1 unspecified atom stereocenters. The van der Waals surface area contributed by atoms with Gasteiger partial charge in [-0.3, -0.25) is 9.10 Å². The van der Waals surface area contributed by atoms with Crippen molar-refractivity contribution in [2.45, 2.75) is 24.8 Å². The summed E-state index contributed by atoms with van der Waals surface area (Å²) in [6, 6.07) is 14.8. The molecule has 0 aliphatic heterocycles. The summed E-state index contributed by atoms with van der Waals surface area (Å²) in [5.41, 5.74) is 1.75. The largest absolute Gasteiger partial charge is 0.481 e. The normalized spacial score (nSPS) is 12.3. The lowest BCUT2D eigenvalue weighted by Gasteiger charge is -2.18. The molecule has 1 N–H and O–H groups in total. The van der Waals surface area contributed by atoms with E-state index in [0.717, 1.165) is 12.0 Å². The lowest BCUT2D eigenvalue weighted by Crippen LogP contribution is -2.37. The number of thioether (sulfide) groups is 1. The molecule has 1 amide bonds. The maximum Gasteiger partial charge on any atom is 0.260 e. The fourth-order valence-electron chi connectivity index (χ4n) is 2.31. The summed E-state index contributed by atoms with van der Waals surface area (Å²) in [7, 11) is -1.83. The van der Waals surface area contributed by atoms with Crippen LogP contribution in [0.25, 0.3) is 0 Å². The van der Waals surface area contributed by atoms with E-state index in [1.807, 2.05) is 6.92 Å². The van der Waals surface area contributed by atoms with Crippen molar-refractivity contribution in [3.05, 3.63) is 54.1 Å². The number of carbonyl (C=O) groups is 1. The highest BCUT2D eigenvalue weighted by Gasteiger charge is 2.15. The van der Waals surface area contributed by atoms with Crippen LogP contribution >= 0.6 is 11.8 Å². The van der Waals surface area contributed by atoms with Gasteiger partial charge in [0.2, 0.25) is 10.0 Å². The van der Waals surface area contributed by atoms with E-state index < -0.39 is 16.1 Å². The average molecular weight is 423 g/mol. The van der Waals surface area contributed by atoms with Crippen molar-refractivity contribution >= 4 is 33.4 Å². The van der Waals surface area contributed by atoms with Gasteiger partial charge in [0.05, 0.1) is 11.9 Å². The molecule has 0 aromatic heterocycles. The number of aryl methyl sites for hydroxylation is 1. The van der Waals surface area contributed by atoms with Gasteiger partial charge in [-0.2, -0.15) is 0 Å². The molecule has 28 heavy (non-hydrogen) atoms. The van der Waals surface area contributed by atoms with Gasteiger partial charge in [0.25, 0.3) is 5.91 Å². The predicted octanol–water partition coefficient (Wildman–Crippen LogP) is 3.07. The molecule has 2 rings (SSSR count). The van der Waals surface area contributed by atoms with Crippen LogP contribution in [0, 0.1) is 6.92 Å². The topological polar surface area (TPSA) is 75.7 Å². The standard InChI is InChI=1S/C20H26N2O4S2/c1-15-5-11-19(12-6-15)27-14-13-21-20(23)16(2)26-18-9-7-17(8-10-18)22(3)28(4,24)25/h5-12,16H,13-14H2,1-4H3,(H,21,23). The van der Waals surface area contributed by atoms with Crippen molar-refractivity contribution in [2.75, 3.05) is 29.9 Å². The van der Waals surface area contributed by atoms with Crippen molar-refractivity contribution in [2.24, 2.45) is 0 Å². The average Bonchev–Trinajstić information content (AvgIpc) is 2.65. The van der Waals surface area contributed by atoms with Crippen LogP contribution in [0.15, 0.2) is 53.4 Å². The molecule has 6 nitrogen and oxygen atoms in total. The van der Waals surface area contributed by atoms with Crippen LogP contribution in [0.4, 0.5) is 5.69 Å². The molecule has 0 heterocycles. The van der Waals surface area contributed by atoms with Gasteiger partial charge in [0.15, 0.2) is 6.10 Å². The number of amides is 1. The first-order chi connectivity index (χ1) is 13.2. The third-order valence-electron chi connectivity index (χ3n) is 4.07. The second-order valence-corrected chi connectivity index (χ2v) is 9.62. The molecule has 0 saturated heterocycles. The van der Waals surface area contributed by atoms with Gasteiger partial charge in [0, 0.05) is 24.2 Å². The number of sulfonamides is 1. The summed E-state index contributed by atoms with van der Waals surface area (Å²) in [5, 5.41) is 2.86. The van der Waals surface area contributed by atoms with Crippen molar-refractivity contribution in [3.63, 3.8) is 0 Å². The van der Waals surface area contributed by atoms with E-state index in [1.165, 1.54) is 21.8 Å². The number of ether oxygens (including phenoxy) is 1. The Morgan fingerprint density at radius 2 is 1.75 bits per heavy atom. The Hall–Kier alpha value is -2.19. The number of anilines is 1.